The lowest BCUT2D eigenvalue weighted by Gasteiger charge is -2.30. The topological polar surface area (TPSA) is 168 Å². The fourth-order valence-corrected chi connectivity index (χ4v) is 5.08. The Balaban J connectivity index is 1.32. The van der Waals surface area contributed by atoms with Crippen LogP contribution in [-0.4, -0.2) is 48.6 Å². The van der Waals surface area contributed by atoms with Crippen LogP contribution in [0.4, 0.5) is 0 Å². The lowest BCUT2D eigenvalue weighted by atomic mass is 10.1. The summed E-state index contributed by atoms with van der Waals surface area (Å²) < 4.78 is 21.6. The molecule has 0 spiro atoms. The zero-order valence-electron chi connectivity index (χ0n) is 21.8. The second kappa shape index (κ2) is 12.2. The van der Waals surface area contributed by atoms with Crippen LogP contribution in [0.3, 0.4) is 0 Å². The number of benzene rings is 2. The molecule has 17 heteroatoms. The second-order valence-corrected chi connectivity index (χ2v) is 9.76. The SMILES string of the molecule is CCn1c(O[N+](=O)[O-])nc(O[N+](=O)[O-])c1-c1ccc(OCC2COC(Cn3ccnc3)(c3ccc(Cl)cc3Cl)O2)cc1. The van der Waals surface area contributed by atoms with E-state index in [9.17, 15) is 20.2 Å². The molecule has 1 fully saturated rings. The van der Waals surface area contributed by atoms with Crippen molar-refractivity contribution in [1.82, 2.24) is 19.1 Å². The van der Waals surface area contributed by atoms with Crippen LogP contribution in [0.1, 0.15) is 12.5 Å². The monoisotopic (exact) mass is 620 g/mol. The zero-order chi connectivity index (χ0) is 29.9. The Morgan fingerprint density at radius 1 is 1.12 bits per heavy atom. The van der Waals surface area contributed by atoms with E-state index in [1.165, 1.54) is 4.57 Å². The maximum absolute atomic E-state index is 11.0. The van der Waals surface area contributed by atoms with Gasteiger partial charge >= 0.3 is 10.2 Å². The van der Waals surface area contributed by atoms with Gasteiger partial charge in [-0.1, -0.05) is 29.3 Å². The number of rotatable bonds is 12. The van der Waals surface area contributed by atoms with Crippen molar-refractivity contribution in [1.29, 1.82) is 0 Å². The first-order valence-corrected chi connectivity index (χ1v) is 13.1. The van der Waals surface area contributed by atoms with Gasteiger partial charge < -0.3 is 23.3 Å². The fourth-order valence-electron chi connectivity index (χ4n) is 4.53. The first kappa shape index (κ1) is 29.1. The van der Waals surface area contributed by atoms with Crippen LogP contribution in [0.5, 0.6) is 17.6 Å². The average Bonchev–Trinajstić information content (AvgIpc) is 3.67. The molecule has 3 heterocycles. The van der Waals surface area contributed by atoms with Crippen LogP contribution < -0.4 is 14.4 Å². The number of imidazole rings is 2. The summed E-state index contributed by atoms with van der Waals surface area (Å²) in [4.78, 5) is 38.8. The Bertz CT molecular complexity index is 1580. The van der Waals surface area contributed by atoms with Crippen molar-refractivity contribution in [2.75, 3.05) is 13.2 Å². The van der Waals surface area contributed by atoms with Crippen molar-refractivity contribution in [3.63, 3.8) is 0 Å². The fraction of sp³-hybridized carbons (Fsp3) is 0.280. The highest BCUT2D eigenvalue weighted by Crippen LogP contribution is 2.41. The van der Waals surface area contributed by atoms with Gasteiger partial charge in [0, 0.05) is 35.1 Å². The summed E-state index contributed by atoms with van der Waals surface area (Å²) in [5.74, 6) is -1.21. The predicted octanol–water partition coefficient (Wildman–Crippen LogP) is 4.56. The number of hydrogen-bond acceptors (Lipinski definition) is 11. The van der Waals surface area contributed by atoms with Gasteiger partial charge in [0.05, 0.1) is 24.5 Å². The van der Waals surface area contributed by atoms with Gasteiger partial charge in [0.15, 0.2) is 0 Å². The summed E-state index contributed by atoms with van der Waals surface area (Å²) in [6, 6.07) is 11.1. The molecule has 4 aromatic rings. The summed E-state index contributed by atoms with van der Waals surface area (Å²) >= 11 is 12.6. The van der Waals surface area contributed by atoms with E-state index in [2.05, 4.69) is 19.6 Å². The van der Waals surface area contributed by atoms with Crippen LogP contribution in [0.25, 0.3) is 11.3 Å². The highest BCUT2D eigenvalue weighted by molar-refractivity contribution is 6.35. The highest BCUT2D eigenvalue weighted by atomic mass is 35.5. The first-order chi connectivity index (χ1) is 20.2. The molecule has 1 aliphatic heterocycles. The third-order valence-corrected chi connectivity index (χ3v) is 6.80. The molecule has 0 N–H and O–H groups in total. The number of ether oxygens (including phenoxy) is 3. The molecule has 0 bridgehead atoms. The molecular weight excluding hydrogens is 599 g/mol. The van der Waals surface area contributed by atoms with Crippen LogP contribution in [0, 0.1) is 20.2 Å². The maximum Gasteiger partial charge on any atom is 0.302 e. The third-order valence-electron chi connectivity index (χ3n) is 6.25. The number of aromatic nitrogens is 4. The van der Waals surface area contributed by atoms with Gasteiger partial charge in [-0.2, -0.15) is 4.98 Å². The van der Waals surface area contributed by atoms with Crippen molar-refractivity contribution in [2.24, 2.45) is 0 Å². The summed E-state index contributed by atoms with van der Waals surface area (Å²) in [5.41, 5.74) is 1.15. The lowest BCUT2D eigenvalue weighted by Crippen LogP contribution is -2.34. The lowest BCUT2D eigenvalue weighted by molar-refractivity contribution is -0.715. The number of nitrogens with zero attached hydrogens (tertiary/aromatic N) is 6. The molecule has 220 valence electrons. The molecule has 5 rings (SSSR count). The minimum atomic E-state index is -1.21. The minimum absolute atomic E-state index is 0.120. The minimum Gasteiger partial charge on any atom is -0.491 e. The van der Waals surface area contributed by atoms with Gasteiger partial charge in [-0.25, -0.2) is 9.82 Å². The van der Waals surface area contributed by atoms with E-state index < -0.39 is 34.0 Å². The Morgan fingerprint density at radius 2 is 1.88 bits per heavy atom. The molecule has 0 radical (unpaired) electrons. The number of hydrogen-bond donors (Lipinski definition) is 0. The summed E-state index contributed by atoms with van der Waals surface area (Å²) in [6.07, 6.45) is 4.60. The first-order valence-electron chi connectivity index (χ1n) is 12.4. The molecule has 42 heavy (non-hydrogen) atoms. The largest absolute Gasteiger partial charge is 0.491 e. The van der Waals surface area contributed by atoms with Crippen molar-refractivity contribution in [3.05, 3.63) is 97.0 Å². The quantitative estimate of drug-likeness (QED) is 0.161. The molecule has 1 saturated heterocycles. The third kappa shape index (κ3) is 6.23. The Morgan fingerprint density at radius 3 is 2.52 bits per heavy atom. The molecule has 1 aliphatic rings. The zero-order valence-corrected chi connectivity index (χ0v) is 23.3. The van der Waals surface area contributed by atoms with E-state index in [0.717, 1.165) is 0 Å². The standard InChI is InChI=1S/C25H22Cl2N6O9/c1-2-31-22(23(41-32(34)35)29-24(31)42-33(36)37)16-3-6-18(7-4-16)38-12-19-13-39-25(40-19,14-30-10-9-28-15-30)20-8-5-17(26)11-21(20)27/h3-11,15,19H,2,12-14H2,1H3. The smallest absolute Gasteiger partial charge is 0.302 e. The van der Waals surface area contributed by atoms with Gasteiger partial charge in [0.25, 0.3) is 6.01 Å². The molecule has 2 aromatic heterocycles. The van der Waals surface area contributed by atoms with E-state index in [1.54, 1.807) is 68.1 Å². The Hall–Kier alpha value is -4.44. The summed E-state index contributed by atoms with van der Waals surface area (Å²) in [5, 5.41) is 20.6. The van der Waals surface area contributed by atoms with Gasteiger partial charge in [0.2, 0.25) is 11.7 Å². The molecule has 0 aliphatic carbocycles. The van der Waals surface area contributed by atoms with Gasteiger partial charge in [-0.05, 0) is 43.3 Å². The second-order valence-electron chi connectivity index (χ2n) is 8.92. The van der Waals surface area contributed by atoms with Crippen LogP contribution in [0.15, 0.2) is 61.2 Å². The van der Waals surface area contributed by atoms with E-state index in [1.807, 2.05) is 4.57 Å². The molecule has 2 atom stereocenters. The Kier molecular flexibility index (Phi) is 8.44. The molecular formula is C25H22Cl2N6O9. The molecule has 2 unspecified atom stereocenters. The van der Waals surface area contributed by atoms with Crippen molar-refractivity contribution >= 4 is 23.2 Å². The van der Waals surface area contributed by atoms with Crippen LogP contribution in [0.2, 0.25) is 10.0 Å². The van der Waals surface area contributed by atoms with E-state index in [0.29, 0.717) is 26.9 Å². The van der Waals surface area contributed by atoms with Crippen molar-refractivity contribution < 1.29 is 34.1 Å². The molecule has 0 saturated carbocycles. The van der Waals surface area contributed by atoms with Gasteiger partial charge in [0.1, 0.15) is 24.2 Å². The summed E-state index contributed by atoms with van der Waals surface area (Å²) in [7, 11) is 0. The van der Waals surface area contributed by atoms with Crippen LogP contribution >= 0.6 is 23.2 Å². The predicted molar refractivity (Wildman–Crippen MR) is 145 cm³/mol. The number of halogens is 2. The van der Waals surface area contributed by atoms with Gasteiger partial charge in [-0.15, -0.1) is 20.2 Å². The van der Waals surface area contributed by atoms with Crippen molar-refractivity contribution in [3.8, 4) is 28.9 Å². The van der Waals surface area contributed by atoms with Crippen LogP contribution in [-0.2, 0) is 28.4 Å². The van der Waals surface area contributed by atoms with E-state index in [-0.39, 0.29) is 32.0 Å². The summed E-state index contributed by atoms with van der Waals surface area (Å²) in [6.45, 7) is 2.44. The Labute approximate surface area is 247 Å². The van der Waals surface area contributed by atoms with Crippen molar-refractivity contribution in [2.45, 2.75) is 31.9 Å². The molecule has 15 nitrogen and oxygen atoms in total. The maximum atomic E-state index is 11.0. The van der Waals surface area contributed by atoms with E-state index in [4.69, 9.17) is 37.4 Å². The molecule has 2 aromatic carbocycles. The van der Waals surface area contributed by atoms with E-state index >= 15 is 0 Å². The van der Waals surface area contributed by atoms with Gasteiger partial charge in [-0.3, -0.25) is 4.84 Å². The molecule has 0 amide bonds. The average molecular weight is 621 g/mol. The normalized spacial score (nSPS) is 18.1. The highest BCUT2D eigenvalue weighted by Gasteiger charge is 2.45.